The number of nitrogens with one attached hydrogen (secondary N) is 2. The Morgan fingerprint density at radius 2 is 1.01 bits per heavy atom. The van der Waals surface area contributed by atoms with Gasteiger partial charge in [0.2, 0.25) is 23.6 Å². The van der Waals surface area contributed by atoms with Crippen LogP contribution in [0.1, 0.15) is 171 Å². The SMILES string of the molecule is C/C1=C\C=C\[C@@H](C)[C@@]2(O)C[C@H](OC(=O)N2)[C@@H](C)[C@@H]2O[C@@]2(C)[C@@H](OC(=O)[C@H](C)N(C)C(=O)CCC(C)(C)C)CC(=O)N(C)c2cc(cc(C)c2Cl)C1.CCCC(=O)N(C)[C@@H](C)C(=O)O[C@H]1CC(=O)N(C)c2cc(cc(C)c2Cl)C/C(C)=C/C=C/[C@@H](C)[C@@]2(O)C[C@H](OC(=O)N2)[C@@H](C)[C@@H]2O[C@@]12C. The number of likely N-dealkylation sites (N-methyl/N-ethyl adjacent to an activating group) is 2. The van der Waals surface area contributed by atoms with Gasteiger partial charge in [-0.1, -0.05) is 138 Å². The smallest absolute Gasteiger partial charge is 0.409 e. The van der Waals surface area contributed by atoms with E-state index in [9.17, 15) is 48.6 Å². The molecule has 4 N–H and O–H groups in total. The van der Waals surface area contributed by atoms with Crippen LogP contribution in [0, 0.1) is 42.9 Å². The highest BCUT2D eigenvalue weighted by atomic mass is 35.5. The Morgan fingerprint density at radius 1 is 0.646 bits per heavy atom. The van der Waals surface area contributed by atoms with Crippen molar-refractivity contribution in [2.24, 2.45) is 29.1 Å². The van der Waals surface area contributed by atoms with Gasteiger partial charge in [0.05, 0.1) is 46.5 Å². The van der Waals surface area contributed by atoms with Crippen LogP contribution >= 0.6 is 23.2 Å². The van der Waals surface area contributed by atoms with Crippen molar-refractivity contribution in [2.45, 2.75) is 246 Å². The predicted molar refractivity (Wildman–Crippen MR) is 379 cm³/mol. The van der Waals surface area contributed by atoms with E-state index in [4.69, 9.17) is 51.6 Å². The minimum atomic E-state index is -1.59. The molecular formula is C75H106Cl2N6O16. The molecule has 6 aliphatic rings. The minimum Gasteiger partial charge on any atom is -0.457 e. The van der Waals surface area contributed by atoms with Gasteiger partial charge in [-0.3, -0.25) is 29.8 Å². The van der Waals surface area contributed by atoms with E-state index in [-0.39, 0.29) is 67.6 Å². The van der Waals surface area contributed by atoms with Crippen molar-refractivity contribution in [3.63, 3.8) is 0 Å². The molecule has 0 aromatic heterocycles. The molecule has 0 spiro atoms. The zero-order chi connectivity index (χ0) is 73.9. The molecule has 546 valence electrons. The Hall–Kier alpha value is -6.82. The normalized spacial score (nSPS) is 32.8. The van der Waals surface area contributed by atoms with Gasteiger partial charge in [-0.25, -0.2) is 19.2 Å². The van der Waals surface area contributed by atoms with E-state index in [0.717, 1.165) is 33.4 Å². The summed E-state index contributed by atoms with van der Waals surface area (Å²) in [6.45, 7) is 29.8. The quantitative estimate of drug-likeness (QED) is 0.0977. The van der Waals surface area contributed by atoms with Crippen LogP contribution in [-0.4, -0.2) is 167 Å². The third kappa shape index (κ3) is 18.8. The standard InChI is InChI=1S/C39H56ClN3O8.C36H50ClN3O8/c1-22-13-12-14-24(3)39(48)21-29(49-36(47)41-39)25(4)34-38(9,51-34)30(50-35(46)26(5)42(10)31(44)15-16-37(6,7)8)20-32(45)43(11)28-19-27(17-22)18-23(2)33(28)40;1-10-12-29(41)39(8)24(6)33(43)47-28-18-30(42)40(9)26-17-25(16-21(3)31(26)37)15-20(2)13-11-14-22(4)36(45)19-27(46-34(44)38-36)23(5)32-35(28,7)48-32/h12-14,18-19,24-26,29-30,34,48H,15-17,20-21H2,1-11H3,(H,41,47);11,13-14,16-17,22-24,27-28,32,45H,10,12,15,18-19H2,1-9H3,(H,38,44)/b14-12+,22-13+;14-11+,20-13+/t24-,25-,26+,29+,30+,34+,38+,39+;22-,23-,24+,27+,28+,32+,35+,36+/m11/s1. The number of amides is 6. The van der Waals surface area contributed by atoms with Crippen molar-refractivity contribution in [1.29, 1.82) is 0 Å². The number of hydrogen-bond donors (Lipinski definition) is 4. The third-order valence-corrected chi connectivity index (χ3v) is 21.9. The minimum absolute atomic E-state index is 0.0544. The number of allylic oxidation sites excluding steroid dienone is 6. The molecule has 0 radical (unpaired) electrons. The molecule has 8 rings (SSSR count). The molecule has 0 saturated carbocycles. The number of aliphatic hydroxyl groups is 2. The largest absolute Gasteiger partial charge is 0.457 e. The molecule has 8 bridgehead atoms. The number of nitrogens with zero attached hydrogens (tertiary/aromatic N) is 4. The van der Waals surface area contributed by atoms with Crippen molar-refractivity contribution < 1.29 is 77.0 Å². The zero-order valence-corrected chi connectivity index (χ0v) is 62.9. The molecule has 22 nitrogen and oxygen atoms in total. The van der Waals surface area contributed by atoms with E-state index in [1.807, 2.05) is 144 Å². The fourth-order valence-corrected chi connectivity index (χ4v) is 13.8. The summed E-state index contributed by atoms with van der Waals surface area (Å²) in [7, 11) is 6.38. The number of alkyl carbamates (subject to hydrolysis) is 2. The topological polar surface area (TPSA) is 276 Å². The Bertz CT molecular complexity index is 3530. The summed E-state index contributed by atoms with van der Waals surface area (Å²) >= 11 is 13.5. The van der Waals surface area contributed by atoms with Crippen LogP contribution in [0.4, 0.5) is 21.0 Å². The van der Waals surface area contributed by atoms with E-state index in [1.165, 1.54) is 19.6 Å². The van der Waals surface area contributed by atoms with Crippen LogP contribution in [0.15, 0.2) is 71.9 Å². The summed E-state index contributed by atoms with van der Waals surface area (Å²) in [5.41, 5.74) is 1.09. The van der Waals surface area contributed by atoms with Crippen LogP contribution in [0.25, 0.3) is 0 Å². The van der Waals surface area contributed by atoms with Gasteiger partial charge in [-0.05, 0) is 121 Å². The summed E-state index contributed by atoms with van der Waals surface area (Å²) in [6.07, 6.45) is 7.70. The number of anilines is 2. The maximum atomic E-state index is 14.1. The van der Waals surface area contributed by atoms with Crippen LogP contribution in [0.3, 0.4) is 0 Å². The van der Waals surface area contributed by atoms with Crippen molar-refractivity contribution in [2.75, 3.05) is 38.0 Å². The number of ether oxygens (including phenoxy) is 6. The van der Waals surface area contributed by atoms with Gasteiger partial charge in [0.25, 0.3) is 0 Å². The summed E-state index contributed by atoms with van der Waals surface area (Å²) < 4.78 is 36.0. The molecule has 99 heavy (non-hydrogen) atoms. The number of benzene rings is 2. The average molecular weight is 1420 g/mol. The molecule has 6 heterocycles. The highest BCUT2D eigenvalue weighted by molar-refractivity contribution is 6.35. The lowest BCUT2D eigenvalue weighted by molar-refractivity contribution is -0.162. The Morgan fingerprint density at radius 3 is 1.36 bits per heavy atom. The van der Waals surface area contributed by atoms with E-state index < -0.39 is 119 Å². The van der Waals surface area contributed by atoms with Gasteiger partial charge in [-0.15, -0.1) is 0 Å². The first kappa shape index (κ1) is 79.5. The second-order valence-corrected chi connectivity index (χ2v) is 30.9. The van der Waals surface area contributed by atoms with E-state index in [0.29, 0.717) is 47.1 Å². The molecule has 2 aromatic rings. The number of esters is 2. The first-order chi connectivity index (χ1) is 46.0. The fourth-order valence-electron chi connectivity index (χ4n) is 13.4. The molecule has 4 saturated heterocycles. The lowest BCUT2D eigenvalue weighted by Gasteiger charge is -2.41. The molecule has 16 atom stereocenters. The zero-order valence-electron chi connectivity index (χ0n) is 61.4. The third-order valence-electron chi connectivity index (χ3n) is 20.9. The summed E-state index contributed by atoms with van der Waals surface area (Å²) in [4.78, 5) is 112. The number of carbonyl (C=O) groups excluding carboxylic acids is 8. The maximum absolute atomic E-state index is 14.1. The molecule has 6 amide bonds. The highest BCUT2D eigenvalue weighted by Gasteiger charge is 2.66. The molecule has 0 unspecified atom stereocenters. The van der Waals surface area contributed by atoms with Gasteiger partial charge in [0.15, 0.2) is 0 Å². The molecule has 6 aliphatic heterocycles. The molecule has 0 aliphatic carbocycles. The summed E-state index contributed by atoms with van der Waals surface area (Å²) in [6, 6.07) is 5.87. The second kappa shape index (κ2) is 31.6. The Labute approximate surface area is 594 Å². The molecular weight excluding hydrogens is 1310 g/mol. The van der Waals surface area contributed by atoms with Crippen LogP contribution < -0.4 is 20.4 Å². The highest BCUT2D eigenvalue weighted by Crippen LogP contribution is 2.51. The first-order valence-electron chi connectivity index (χ1n) is 34.5. The van der Waals surface area contributed by atoms with Gasteiger partial charge in [-0.2, -0.15) is 0 Å². The monoisotopic (exact) mass is 1420 g/mol. The Kier molecular flexibility index (Phi) is 25.4. The molecule has 2 aromatic carbocycles. The van der Waals surface area contributed by atoms with Gasteiger partial charge >= 0.3 is 24.1 Å². The van der Waals surface area contributed by atoms with Gasteiger partial charge < -0.3 is 58.2 Å². The van der Waals surface area contributed by atoms with Crippen LogP contribution in [0.2, 0.25) is 10.0 Å². The Balaban J connectivity index is 0.000000279. The molecule has 4 fully saturated rings. The average Bonchev–Trinajstić information content (AvgIpc) is 1.58. The lowest BCUT2D eigenvalue weighted by atomic mass is 9.82. The number of fused-ring (bicyclic) bond motifs is 10. The first-order valence-corrected chi connectivity index (χ1v) is 35.2. The van der Waals surface area contributed by atoms with E-state index in [2.05, 4.69) is 10.6 Å². The van der Waals surface area contributed by atoms with E-state index >= 15 is 0 Å². The predicted octanol–water partition coefficient (Wildman–Crippen LogP) is 11.5. The second-order valence-electron chi connectivity index (χ2n) is 30.1. The van der Waals surface area contributed by atoms with Crippen molar-refractivity contribution in [1.82, 2.24) is 20.4 Å². The number of halogens is 2. The van der Waals surface area contributed by atoms with Crippen molar-refractivity contribution in [3.8, 4) is 0 Å². The number of epoxide rings is 2. The van der Waals surface area contributed by atoms with Crippen molar-refractivity contribution in [3.05, 3.63) is 104 Å². The number of hydrogen-bond acceptors (Lipinski definition) is 16. The number of aryl methyl sites for hydroxylation is 2. The van der Waals surface area contributed by atoms with E-state index in [1.54, 1.807) is 55.9 Å². The summed E-state index contributed by atoms with van der Waals surface area (Å²) in [5, 5.41) is 29.3. The summed E-state index contributed by atoms with van der Waals surface area (Å²) in [5.74, 6) is -4.28. The fraction of sp³-hybridized carbons (Fsp3) is 0.627. The van der Waals surface area contributed by atoms with Crippen molar-refractivity contribution >= 4 is 82.3 Å². The number of carbonyl (C=O) groups is 8. The maximum Gasteiger partial charge on any atom is 0.409 e. The van der Waals surface area contributed by atoms with Gasteiger partial charge in [0.1, 0.15) is 59.2 Å². The van der Waals surface area contributed by atoms with Crippen LogP contribution in [-0.2, 0) is 70.0 Å². The van der Waals surface area contributed by atoms with Crippen LogP contribution in [0.5, 0.6) is 0 Å². The molecule has 24 heteroatoms. The van der Waals surface area contributed by atoms with Gasteiger partial charge in [0, 0.05) is 77.5 Å². The number of rotatable bonds is 10. The lowest BCUT2D eigenvalue weighted by Crippen LogP contribution is -2.60.